The van der Waals surface area contributed by atoms with Crippen molar-refractivity contribution in [1.29, 1.82) is 0 Å². The topological polar surface area (TPSA) is 56.7 Å². The lowest BCUT2D eigenvalue weighted by Crippen LogP contribution is -2.28. The molecule has 1 heterocycles. The van der Waals surface area contributed by atoms with E-state index < -0.39 is 0 Å². The molecule has 4 heteroatoms. The third-order valence-electron chi connectivity index (χ3n) is 4.36. The highest BCUT2D eigenvalue weighted by Crippen LogP contribution is 2.37. The van der Waals surface area contributed by atoms with Gasteiger partial charge in [0.25, 0.3) is 0 Å². The summed E-state index contributed by atoms with van der Waals surface area (Å²) in [5, 5.41) is 7.88. The molecule has 1 aromatic rings. The lowest BCUT2D eigenvalue weighted by Gasteiger charge is -2.33. The van der Waals surface area contributed by atoms with E-state index in [0.29, 0.717) is 5.92 Å². The summed E-state index contributed by atoms with van der Waals surface area (Å²) in [7, 11) is 1.92. The molecular weight excluding hydrogens is 212 g/mol. The second kappa shape index (κ2) is 5.17. The third kappa shape index (κ3) is 2.68. The first-order valence-electron chi connectivity index (χ1n) is 6.69. The molecule has 1 fully saturated rings. The van der Waals surface area contributed by atoms with Crippen LogP contribution in [0.4, 0.5) is 0 Å². The average molecular weight is 236 g/mol. The predicted molar refractivity (Wildman–Crippen MR) is 68.2 cm³/mol. The first-order chi connectivity index (χ1) is 8.09. The van der Waals surface area contributed by atoms with Crippen molar-refractivity contribution in [2.75, 3.05) is 0 Å². The molecule has 4 nitrogen and oxygen atoms in total. The van der Waals surface area contributed by atoms with E-state index in [2.05, 4.69) is 24.2 Å². The largest absolute Gasteiger partial charge is 0.322 e. The van der Waals surface area contributed by atoms with E-state index in [1.807, 2.05) is 7.05 Å². The molecule has 0 saturated heterocycles. The van der Waals surface area contributed by atoms with E-state index in [1.165, 1.54) is 25.7 Å². The summed E-state index contributed by atoms with van der Waals surface area (Å²) in [6.07, 6.45) is 6.94. The van der Waals surface area contributed by atoms with Gasteiger partial charge in [0.2, 0.25) is 0 Å². The van der Waals surface area contributed by atoms with Gasteiger partial charge in [-0.15, -0.1) is 5.10 Å². The molecule has 1 saturated carbocycles. The quantitative estimate of drug-likeness (QED) is 0.876. The molecule has 1 atom stereocenters. The summed E-state index contributed by atoms with van der Waals surface area (Å²) in [5.41, 5.74) is 7.40. The van der Waals surface area contributed by atoms with E-state index in [4.69, 9.17) is 5.73 Å². The Labute approximate surface area is 104 Å². The number of nitrogens with two attached hydrogens (primary N) is 1. The van der Waals surface area contributed by atoms with Gasteiger partial charge in [0.15, 0.2) is 0 Å². The van der Waals surface area contributed by atoms with Gasteiger partial charge in [0.05, 0.1) is 17.9 Å². The van der Waals surface area contributed by atoms with Crippen LogP contribution < -0.4 is 5.73 Å². The van der Waals surface area contributed by atoms with E-state index in [0.717, 1.165) is 17.5 Å². The minimum atomic E-state index is 0.100. The summed E-state index contributed by atoms with van der Waals surface area (Å²) < 4.78 is 1.80. The molecule has 2 N–H and O–H groups in total. The van der Waals surface area contributed by atoms with Crippen molar-refractivity contribution in [1.82, 2.24) is 15.0 Å². The van der Waals surface area contributed by atoms with Crippen LogP contribution in [0.3, 0.4) is 0 Å². The Morgan fingerprint density at radius 2 is 1.82 bits per heavy atom. The molecule has 1 aromatic heterocycles. The van der Waals surface area contributed by atoms with Crippen molar-refractivity contribution in [2.24, 2.45) is 30.5 Å². The van der Waals surface area contributed by atoms with Crippen molar-refractivity contribution >= 4 is 0 Å². The SMILES string of the molecule is CC(C)C1CCC(C(N)c2cnnn2C)CC1. The Morgan fingerprint density at radius 1 is 1.24 bits per heavy atom. The highest BCUT2D eigenvalue weighted by atomic mass is 15.4. The molecule has 96 valence electrons. The van der Waals surface area contributed by atoms with Gasteiger partial charge in [-0.25, -0.2) is 0 Å². The van der Waals surface area contributed by atoms with Crippen LogP contribution in [0.25, 0.3) is 0 Å². The molecule has 17 heavy (non-hydrogen) atoms. The Kier molecular flexibility index (Phi) is 3.82. The lowest BCUT2D eigenvalue weighted by atomic mass is 9.74. The summed E-state index contributed by atoms with van der Waals surface area (Å²) in [4.78, 5) is 0. The minimum absolute atomic E-state index is 0.100. The van der Waals surface area contributed by atoms with Crippen LogP contribution >= 0.6 is 0 Å². The van der Waals surface area contributed by atoms with Crippen molar-refractivity contribution < 1.29 is 0 Å². The average Bonchev–Trinajstić information content (AvgIpc) is 2.74. The van der Waals surface area contributed by atoms with Crippen molar-refractivity contribution in [3.8, 4) is 0 Å². The number of aromatic nitrogens is 3. The second-order valence-electron chi connectivity index (χ2n) is 5.73. The molecule has 0 aliphatic heterocycles. The molecule has 0 radical (unpaired) electrons. The van der Waals surface area contributed by atoms with Gasteiger partial charge in [-0.05, 0) is 43.4 Å². The Balaban J connectivity index is 1.95. The van der Waals surface area contributed by atoms with Crippen LogP contribution in [0.5, 0.6) is 0 Å². The monoisotopic (exact) mass is 236 g/mol. The van der Waals surface area contributed by atoms with Gasteiger partial charge in [0, 0.05) is 7.05 Å². The van der Waals surface area contributed by atoms with E-state index >= 15 is 0 Å². The Morgan fingerprint density at radius 3 is 2.29 bits per heavy atom. The van der Waals surface area contributed by atoms with Gasteiger partial charge < -0.3 is 5.73 Å². The standard InChI is InChI=1S/C13H24N4/c1-9(2)10-4-6-11(7-5-10)13(14)12-8-15-16-17(12)3/h8-11,13H,4-7,14H2,1-3H3. The van der Waals surface area contributed by atoms with Crippen LogP contribution in [0.2, 0.25) is 0 Å². The fourth-order valence-electron chi connectivity index (χ4n) is 3.01. The number of aryl methyl sites for hydroxylation is 1. The number of hydrogen-bond donors (Lipinski definition) is 1. The van der Waals surface area contributed by atoms with Crippen molar-refractivity contribution in [3.63, 3.8) is 0 Å². The zero-order valence-electron chi connectivity index (χ0n) is 11.1. The molecule has 1 unspecified atom stereocenters. The summed E-state index contributed by atoms with van der Waals surface area (Å²) in [5.74, 6) is 2.30. The van der Waals surface area contributed by atoms with Crippen LogP contribution in [-0.2, 0) is 7.05 Å². The van der Waals surface area contributed by atoms with Crippen LogP contribution in [0, 0.1) is 17.8 Å². The normalized spacial score (nSPS) is 27.4. The predicted octanol–water partition coefficient (Wildman–Crippen LogP) is 2.28. The molecule has 0 amide bonds. The molecule has 0 bridgehead atoms. The van der Waals surface area contributed by atoms with Gasteiger partial charge in [-0.1, -0.05) is 19.1 Å². The maximum absolute atomic E-state index is 6.34. The van der Waals surface area contributed by atoms with Crippen LogP contribution in [0.15, 0.2) is 6.20 Å². The van der Waals surface area contributed by atoms with Gasteiger partial charge in [0.1, 0.15) is 0 Å². The minimum Gasteiger partial charge on any atom is -0.322 e. The zero-order chi connectivity index (χ0) is 12.4. The lowest BCUT2D eigenvalue weighted by molar-refractivity contribution is 0.201. The van der Waals surface area contributed by atoms with E-state index in [1.54, 1.807) is 10.9 Å². The first kappa shape index (κ1) is 12.6. The Hall–Kier alpha value is -0.900. The highest BCUT2D eigenvalue weighted by Gasteiger charge is 2.28. The first-order valence-corrected chi connectivity index (χ1v) is 6.69. The maximum Gasteiger partial charge on any atom is 0.0753 e. The van der Waals surface area contributed by atoms with Crippen molar-refractivity contribution in [2.45, 2.75) is 45.6 Å². The second-order valence-corrected chi connectivity index (χ2v) is 5.73. The third-order valence-corrected chi connectivity index (χ3v) is 4.36. The highest BCUT2D eigenvalue weighted by molar-refractivity contribution is 5.03. The number of hydrogen-bond acceptors (Lipinski definition) is 3. The smallest absolute Gasteiger partial charge is 0.0753 e. The van der Waals surface area contributed by atoms with Crippen molar-refractivity contribution in [3.05, 3.63) is 11.9 Å². The number of nitrogens with zero attached hydrogens (tertiary/aromatic N) is 3. The van der Waals surface area contributed by atoms with Gasteiger partial charge in [-0.3, -0.25) is 4.68 Å². The van der Waals surface area contributed by atoms with Gasteiger partial charge >= 0.3 is 0 Å². The molecule has 2 rings (SSSR count). The maximum atomic E-state index is 6.34. The van der Waals surface area contributed by atoms with E-state index in [-0.39, 0.29) is 6.04 Å². The summed E-state index contributed by atoms with van der Waals surface area (Å²) in [6, 6.07) is 0.100. The molecule has 1 aliphatic carbocycles. The fourth-order valence-corrected chi connectivity index (χ4v) is 3.01. The molecule has 1 aliphatic rings. The zero-order valence-corrected chi connectivity index (χ0v) is 11.1. The molecule has 0 aromatic carbocycles. The fraction of sp³-hybridized carbons (Fsp3) is 0.846. The molecule has 0 spiro atoms. The van der Waals surface area contributed by atoms with Crippen LogP contribution in [0.1, 0.15) is 51.3 Å². The van der Waals surface area contributed by atoms with Crippen LogP contribution in [-0.4, -0.2) is 15.0 Å². The van der Waals surface area contributed by atoms with Gasteiger partial charge in [-0.2, -0.15) is 0 Å². The molecular formula is C13H24N4. The van der Waals surface area contributed by atoms with E-state index in [9.17, 15) is 0 Å². The Bertz CT molecular complexity index is 350. The summed E-state index contributed by atoms with van der Waals surface area (Å²) >= 11 is 0. The number of rotatable bonds is 3. The summed E-state index contributed by atoms with van der Waals surface area (Å²) in [6.45, 7) is 4.66.